The molecule has 3 heterocycles. The van der Waals surface area contributed by atoms with Gasteiger partial charge < -0.3 is 0 Å². The fraction of sp³-hybridized carbons (Fsp3) is 0.0500. The molecule has 0 N–H and O–H groups in total. The molecule has 1 aliphatic carbocycles. The van der Waals surface area contributed by atoms with Gasteiger partial charge in [-0.1, -0.05) is 195 Å². The van der Waals surface area contributed by atoms with E-state index in [1.165, 1.54) is 0 Å². The largest absolute Gasteiger partial charge is 0.278 e. The predicted octanol–water partition coefficient (Wildman–Crippen LogP) is 15.0. The summed E-state index contributed by atoms with van der Waals surface area (Å²) in [6, 6.07) is 0.494. The first-order chi connectivity index (χ1) is 42.0. The third-order valence-electron chi connectivity index (χ3n) is 11.9. The van der Waals surface area contributed by atoms with Crippen LogP contribution in [-0.4, -0.2) is 24.1 Å². The number of aromatic nitrogens is 5. The van der Waals surface area contributed by atoms with Crippen molar-refractivity contribution < 1.29 is 32.9 Å². The average Bonchev–Trinajstić information content (AvgIpc) is 1.56. The first-order valence-corrected chi connectivity index (χ1v) is 20.3. The third kappa shape index (κ3) is 5.75. The van der Waals surface area contributed by atoms with Crippen molar-refractivity contribution >= 4 is 43.6 Å². The van der Waals surface area contributed by atoms with Gasteiger partial charge in [0.2, 0.25) is 11.9 Å². The highest BCUT2D eigenvalue weighted by Crippen LogP contribution is 2.50. The molecule has 0 saturated heterocycles. The van der Waals surface area contributed by atoms with Crippen molar-refractivity contribution in [3.05, 3.63) is 223 Å². The van der Waals surface area contributed by atoms with Crippen LogP contribution in [0.1, 0.15) is 57.9 Å². The molecule has 0 atom stereocenters. The Bertz CT molecular complexity index is 5020. The maximum Gasteiger partial charge on any atom is 0.240 e. The van der Waals surface area contributed by atoms with E-state index in [0.29, 0.717) is 11.1 Å². The maximum atomic E-state index is 10.2. The lowest BCUT2D eigenvalue weighted by molar-refractivity contribution is 0.660. The Morgan fingerprint density at radius 3 is 1.46 bits per heavy atom. The number of fused-ring (bicyclic) bond motifs is 9. The summed E-state index contributed by atoms with van der Waals surface area (Å²) >= 11 is 0. The van der Waals surface area contributed by atoms with Crippen LogP contribution in [0.25, 0.3) is 111 Å². The number of nitrogens with zero attached hydrogens (tertiary/aromatic N) is 5. The van der Waals surface area contributed by atoms with Crippen LogP contribution in [0.15, 0.2) is 212 Å². The highest BCUT2D eigenvalue weighted by Gasteiger charge is 2.35. The molecule has 0 radical (unpaired) electrons. The minimum absolute atomic E-state index is 0.206. The fourth-order valence-corrected chi connectivity index (χ4v) is 8.90. The van der Waals surface area contributed by atoms with Gasteiger partial charge in [-0.05, 0) is 85.9 Å². The van der Waals surface area contributed by atoms with Gasteiger partial charge in [-0.3, -0.25) is 9.13 Å². The molecular weight excluding hydrogens is 791 g/mol. The van der Waals surface area contributed by atoms with Crippen LogP contribution < -0.4 is 0 Å². The predicted molar refractivity (Wildman–Crippen MR) is 268 cm³/mol. The summed E-state index contributed by atoms with van der Waals surface area (Å²) in [7, 11) is 0. The van der Waals surface area contributed by atoms with Crippen LogP contribution in [0.3, 0.4) is 0 Å². The molecule has 3 aromatic heterocycles. The standard InChI is InChI=1S/C60H41N5/c1-60(2)51-26-14-11-22-44(51)45-32-31-42(35-52(45)60)43-21-9-10-25-50(43)57-61-58(64-53-27-15-12-23-46(53)47-24-13-16-28-54(47)64)63-59(62-57)65-55-36-40(38-17-5-3-6-18-38)29-33-48(55)49-34-30-41(37-56(49)65)39-19-7-4-8-20-39/h3-37H,1-2H3/i3D,4D,5D,6D,7D,8D,12D,13D,15D,16D,17D,18D,19D,20D,23D,24D,27D,28D,29D,30D,33D,34D,36D,37D. The van der Waals surface area contributed by atoms with Gasteiger partial charge in [-0.25, -0.2) is 0 Å². The molecule has 306 valence electrons. The smallest absolute Gasteiger partial charge is 0.240 e. The summed E-state index contributed by atoms with van der Waals surface area (Å²) in [6.45, 7) is 4.18. The van der Waals surface area contributed by atoms with Gasteiger partial charge in [0.05, 0.1) is 55.0 Å². The molecule has 9 aromatic carbocycles. The second-order valence-corrected chi connectivity index (χ2v) is 15.8. The van der Waals surface area contributed by atoms with E-state index in [1.807, 2.05) is 36.4 Å². The zero-order valence-corrected chi connectivity index (χ0v) is 34.1. The minimum atomic E-state index is -0.910. The van der Waals surface area contributed by atoms with E-state index >= 15 is 0 Å². The van der Waals surface area contributed by atoms with Gasteiger partial charge in [0.1, 0.15) is 0 Å². The second-order valence-electron chi connectivity index (χ2n) is 15.8. The number of benzene rings is 9. The molecule has 65 heavy (non-hydrogen) atoms. The van der Waals surface area contributed by atoms with E-state index in [-0.39, 0.29) is 22.2 Å². The van der Waals surface area contributed by atoms with E-state index in [9.17, 15) is 13.7 Å². The molecule has 13 rings (SSSR count). The molecule has 0 amide bonds. The molecule has 0 unspecified atom stereocenters. The van der Waals surface area contributed by atoms with Crippen LogP contribution in [0.2, 0.25) is 0 Å². The van der Waals surface area contributed by atoms with E-state index < -0.39 is 217 Å². The van der Waals surface area contributed by atoms with Crippen molar-refractivity contribution in [1.82, 2.24) is 24.1 Å². The highest BCUT2D eigenvalue weighted by atomic mass is 15.3. The molecule has 0 spiro atoms. The van der Waals surface area contributed by atoms with Crippen molar-refractivity contribution in [2.75, 3.05) is 0 Å². The van der Waals surface area contributed by atoms with Crippen molar-refractivity contribution in [2.24, 2.45) is 0 Å². The van der Waals surface area contributed by atoms with Crippen LogP contribution in [0, 0.1) is 0 Å². The summed E-state index contributed by atoms with van der Waals surface area (Å²) in [5.74, 6) is -1.66. The van der Waals surface area contributed by atoms with E-state index in [0.717, 1.165) is 31.4 Å². The molecule has 0 bridgehead atoms. The van der Waals surface area contributed by atoms with Crippen molar-refractivity contribution in [3.8, 4) is 67.8 Å². The number of rotatable bonds is 6. The Balaban J connectivity index is 1.26. The third-order valence-corrected chi connectivity index (χ3v) is 11.9. The quantitative estimate of drug-likeness (QED) is 0.167. The maximum absolute atomic E-state index is 10.2. The van der Waals surface area contributed by atoms with Crippen LogP contribution in [0.5, 0.6) is 0 Å². The number of hydrogen-bond donors (Lipinski definition) is 0. The average molecular weight is 856 g/mol. The Morgan fingerprint density at radius 1 is 0.385 bits per heavy atom. The first-order valence-electron chi connectivity index (χ1n) is 32.3. The second kappa shape index (κ2) is 14.3. The number of para-hydroxylation sites is 2. The molecule has 0 aliphatic heterocycles. The lowest BCUT2D eigenvalue weighted by Crippen LogP contribution is -2.15. The lowest BCUT2D eigenvalue weighted by atomic mass is 9.81. The normalized spacial score (nSPS) is 18.1. The van der Waals surface area contributed by atoms with Gasteiger partial charge in [0.15, 0.2) is 5.82 Å². The van der Waals surface area contributed by atoms with Crippen molar-refractivity contribution in [3.63, 3.8) is 0 Å². The van der Waals surface area contributed by atoms with Crippen LogP contribution >= 0.6 is 0 Å². The summed E-state index contributed by atoms with van der Waals surface area (Å²) in [5.41, 5.74) is -0.173. The zero-order chi connectivity index (χ0) is 64.1. The topological polar surface area (TPSA) is 48.5 Å². The first kappa shape index (κ1) is 20.4. The van der Waals surface area contributed by atoms with Gasteiger partial charge >= 0.3 is 0 Å². The fourth-order valence-electron chi connectivity index (χ4n) is 8.90. The molecule has 12 aromatic rings. The van der Waals surface area contributed by atoms with Gasteiger partial charge in [-0.15, -0.1) is 0 Å². The van der Waals surface area contributed by atoms with Crippen LogP contribution in [-0.2, 0) is 5.41 Å². The van der Waals surface area contributed by atoms with Gasteiger partial charge in [0, 0.05) is 32.5 Å². The highest BCUT2D eigenvalue weighted by molar-refractivity contribution is 6.11. The van der Waals surface area contributed by atoms with Gasteiger partial charge in [-0.2, -0.15) is 15.0 Å². The Labute approximate surface area is 410 Å². The molecule has 1 aliphatic rings. The Morgan fingerprint density at radius 2 is 0.862 bits per heavy atom. The van der Waals surface area contributed by atoms with Crippen LogP contribution in [0.4, 0.5) is 0 Å². The molecule has 0 saturated carbocycles. The summed E-state index contributed by atoms with van der Waals surface area (Å²) in [6.07, 6.45) is 0. The van der Waals surface area contributed by atoms with Crippen molar-refractivity contribution in [2.45, 2.75) is 19.3 Å². The number of hydrogen-bond acceptors (Lipinski definition) is 3. The molecular formula is C60H41N5. The lowest BCUT2D eigenvalue weighted by Gasteiger charge is -2.22. The summed E-state index contributed by atoms with van der Waals surface area (Å²) in [5, 5.41) is -1.82. The van der Waals surface area contributed by atoms with E-state index in [2.05, 4.69) is 19.9 Å². The minimum Gasteiger partial charge on any atom is -0.278 e. The van der Waals surface area contributed by atoms with Gasteiger partial charge in [0.25, 0.3) is 0 Å². The summed E-state index contributed by atoms with van der Waals surface area (Å²) < 4.78 is 221. The van der Waals surface area contributed by atoms with E-state index in [1.54, 1.807) is 24.3 Å². The van der Waals surface area contributed by atoms with Crippen molar-refractivity contribution in [1.29, 1.82) is 0 Å². The molecule has 0 fully saturated rings. The Kier molecular flexibility index (Phi) is 4.49. The summed E-state index contributed by atoms with van der Waals surface area (Å²) in [4.78, 5) is 15.0. The van der Waals surface area contributed by atoms with E-state index in [4.69, 9.17) is 34.1 Å². The molecule has 5 nitrogen and oxygen atoms in total. The SMILES string of the molecule is [2H]c1c([2H])c([2H])c(-c2c([2H])c([2H])c3c4c([2H])c([2H])c(-c5c([2H])c([2H])c([2H])c([2H])c5[2H])c([2H])c4n(-c4nc(-c5ccccc5-c5ccc6c(c5)C(C)(C)c5ccccc5-6)nc(-n5c6c([2H])c([2H])c([2H])c([2H])c6c6c([2H])c([2H])c([2H])c([2H])c65)n4)c3c2[2H])c([2H])c1[2H]. The zero-order valence-electron chi connectivity index (χ0n) is 58.1. The molecule has 5 heteroatoms. The monoisotopic (exact) mass is 855 g/mol. The Hall–Kier alpha value is -8.41.